The highest BCUT2D eigenvalue weighted by atomic mass is 16.2. The summed E-state index contributed by atoms with van der Waals surface area (Å²) in [6, 6.07) is 14.5. The Bertz CT molecular complexity index is 1480. The second kappa shape index (κ2) is 5.37. The summed E-state index contributed by atoms with van der Waals surface area (Å²) < 4.78 is 1.72. The molecular formula is C19H10N6O2. The molecule has 8 nitrogen and oxygen atoms in total. The number of aromatic amines is 2. The van der Waals surface area contributed by atoms with Crippen LogP contribution in [-0.2, 0) is 0 Å². The van der Waals surface area contributed by atoms with Gasteiger partial charge in [0, 0.05) is 5.39 Å². The van der Waals surface area contributed by atoms with Gasteiger partial charge in [0.15, 0.2) is 5.82 Å². The largest absolute Gasteiger partial charge is 0.349 e. The fourth-order valence-corrected chi connectivity index (χ4v) is 3.34. The molecule has 0 bridgehead atoms. The maximum Gasteiger partial charge on any atom is 0.349 e. The molecule has 0 spiro atoms. The van der Waals surface area contributed by atoms with Gasteiger partial charge in [0.05, 0.1) is 40.1 Å². The third-order valence-electron chi connectivity index (χ3n) is 4.53. The van der Waals surface area contributed by atoms with E-state index >= 15 is 0 Å². The van der Waals surface area contributed by atoms with Gasteiger partial charge >= 0.3 is 5.69 Å². The van der Waals surface area contributed by atoms with Gasteiger partial charge in [-0.1, -0.05) is 12.1 Å². The highest BCUT2D eigenvalue weighted by molar-refractivity contribution is 5.93. The van der Waals surface area contributed by atoms with E-state index in [0.29, 0.717) is 16.8 Å². The number of rotatable bonds is 1. The number of pyridine rings is 1. The Hall–Kier alpha value is -4.25. The van der Waals surface area contributed by atoms with Crippen molar-refractivity contribution in [2.75, 3.05) is 0 Å². The van der Waals surface area contributed by atoms with E-state index in [9.17, 15) is 14.9 Å². The maximum atomic E-state index is 12.4. The lowest BCUT2D eigenvalue weighted by molar-refractivity contribution is 0.963. The molecule has 27 heavy (non-hydrogen) atoms. The molecule has 8 heteroatoms. The Morgan fingerprint density at radius 3 is 2.85 bits per heavy atom. The predicted molar refractivity (Wildman–Crippen MR) is 98.9 cm³/mol. The molecule has 2 N–H and O–H groups in total. The summed E-state index contributed by atoms with van der Waals surface area (Å²) in [5, 5.41) is 17.8. The van der Waals surface area contributed by atoms with Crippen molar-refractivity contribution in [3.63, 3.8) is 0 Å². The number of nitrogens with zero attached hydrogens (tertiary/aromatic N) is 4. The first-order valence-corrected chi connectivity index (χ1v) is 8.08. The second-order valence-electron chi connectivity index (χ2n) is 6.08. The maximum absolute atomic E-state index is 12.4. The van der Waals surface area contributed by atoms with Crippen LogP contribution in [0.25, 0.3) is 38.9 Å². The smallest absolute Gasteiger partial charge is 0.293 e. The predicted octanol–water partition coefficient (Wildman–Crippen LogP) is 1.93. The zero-order valence-corrected chi connectivity index (χ0v) is 13.7. The molecule has 2 aliphatic heterocycles. The lowest BCUT2D eigenvalue weighted by atomic mass is 10.1. The number of benzene rings is 2. The van der Waals surface area contributed by atoms with Crippen LogP contribution in [0.15, 0.2) is 58.3 Å². The normalized spacial score (nSPS) is 11.2. The van der Waals surface area contributed by atoms with Crippen LogP contribution < -0.4 is 11.2 Å². The van der Waals surface area contributed by atoms with Crippen molar-refractivity contribution in [1.82, 2.24) is 24.7 Å². The minimum Gasteiger partial charge on any atom is -0.293 e. The summed E-state index contributed by atoms with van der Waals surface area (Å²) in [7, 11) is 0. The number of nitriles is 1. The van der Waals surface area contributed by atoms with Gasteiger partial charge in [-0.3, -0.25) is 19.4 Å². The highest BCUT2D eigenvalue weighted by Crippen LogP contribution is 2.31. The van der Waals surface area contributed by atoms with E-state index in [-0.39, 0.29) is 11.4 Å². The van der Waals surface area contributed by atoms with Gasteiger partial charge < -0.3 is 0 Å². The molecule has 0 saturated carbocycles. The van der Waals surface area contributed by atoms with E-state index in [2.05, 4.69) is 26.2 Å². The molecule has 0 fully saturated rings. The number of aromatic nitrogens is 5. The second-order valence-corrected chi connectivity index (χ2v) is 6.08. The van der Waals surface area contributed by atoms with Gasteiger partial charge in [-0.2, -0.15) is 15.3 Å². The summed E-state index contributed by atoms with van der Waals surface area (Å²) in [4.78, 5) is 30.5. The van der Waals surface area contributed by atoms with Gasteiger partial charge in [-0.15, -0.1) is 0 Å². The van der Waals surface area contributed by atoms with Crippen molar-refractivity contribution in [3.8, 4) is 23.1 Å². The van der Waals surface area contributed by atoms with Crippen LogP contribution in [0.2, 0.25) is 0 Å². The number of hydrogen-bond acceptors (Lipinski definition) is 5. The molecule has 2 aromatic carbocycles. The minimum absolute atomic E-state index is 0.222. The van der Waals surface area contributed by atoms with Gasteiger partial charge in [-0.25, -0.2) is 4.79 Å². The molecule has 0 saturated heterocycles. The average molecular weight is 354 g/mol. The van der Waals surface area contributed by atoms with Gasteiger partial charge in [0.1, 0.15) is 0 Å². The van der Waals surface area contributed by atoms with Crippen molar-refractivity contribution < 1.29 is 0 Å². The summed E-state index contributed by atoms with van der Waals surface area (Å²) in [5.74, 6) is 0.222. The number of H-pyrrole nitrogens is 2. The molecule has 0 atom stereocenters. The van der Waals surface area contributed by atoms with Crippen LogP contribution in [0, 0.1) is 11.3 Å². The third-order valence-corrected chi connectivity index (χ3v) is 4.53. The number of fused-ring (bicyclic) bond motifs is 3. The van der Waals surface area contributed by atoms with Crippen LogP contribution >= 0.6 is 0 Å². The average Bonchev–Trinajstić information content (AvgIpc) is 3.15. The van der Waals surface area contributed by atoms with Gasteiger partial charge in [0.25, 0.3) is 5.56 Å². The molecule has 0 unspecified atom stereocenters. The minimum atomic E-state index is -0.726. The van der Waals surface area contributed by atoms with Crippen molar-refractivity contribution in [2.24, 2.45) is 0 Å². The standard InChI is InChI=1S/C19H10N6O2/c20-8-10-4-5-11-7-12-17(22-19(27)23-18(12)26)25(16(11)6-10)15-3-1-2-14-13(15)9-21-24-14/h1-7,9H,(H,21,24)(H,23,26,27). The number of hydrogen-bond donors (Lipinski definition) is 2. The molecule has 3 heterocycles. The van der Waals surface area contributed by atoms with Crippen molar-refractivity contribution in [3.05, 3.63) is 75.1 Å². The van der Waals surface area contributed by atoms with Gasteiger partial charge in [-0.05, 0) is 35.7 Å². The van der Waals surface area contributed by atoms with E-state index < -0.39 is 11.2 Å². The molecule has 0 amide bonds. The Labute approximate surface area is 150 Å². The van der Waals surface area contributed by atoms with Crippen LogP contribution in [0.4, 0.5) is 0 Å². The van der Waals surface area contributed by atoms with Crippen LogP contribution in [0.1, 0.15) is 5.56 Å². The molecule has 5 rings (SSSR count). The van der Waals surface area contributed by atoms with Crippen molar-refractivity contribution in [2.45, 2.75) is 0 Å². The van der Waals surface area contributed by atoms with E-state index in [1.807, 2.05) is 18.2 Å². The summed E-state index contributed by atoms with van der Waals surface area (Å²) in [6.45, 7) is 0. The Morgan fingerprint density at radius 2 is 2.00 bits per heavy atom. The van der Waals surface area contributed by atoms with Gasteiger partial charge in [0.2, 0.25) is 0 Å². The first-order valence-electron chi connectivity index (χ1n) is 8.08. The quantitative estimate of drug-likeness (QED) is 0.446. The van der Waals surface area contributed by atoms with Crippen LogP contribution in [0.5, 0.6) is 0 Å². The third kappa shape index (κ3) is 2.15. The first-order chi connectivity index (χ1) is 13.2. The van der Waals surface area contributed by atoms with E-state index in [1.165, 1.54) is 0 Å². The first kappa shape index (κ1) is 15.0. The van der Waals surface area contributed by atoms with Crippen LogP contribution in [0.3, 0.4) is 0 Å². The fraction of sp³-hybridized carbons (Fsp3) is 0. The summed E-state index contributed by atoms with van der Waals surface area (Å²) in [6.07, 6.45) is 1.67. The van der Waals surface area contributed by atoms with Crippen LogP contribution in [-0.4, -0.2) is 24.7 Å². The Morgan fingerprint density at radius 1 is 1.11 bits per heavy atom. The lowest BCUT2D eigenvalue weighted by Crippen LogP contribution is -2.27. The number of nitrogens with one attached hydrogen (secondary N) is 2. The van der Waals surface area contributed by atoms with E-state index in [4.69, 9.17) is 0 Å². The zero-order chi connectivity index (χ0) is 18.5. The Kier molecular flexibility index (Phi) is 2.99. The Balaban J connectivity index is 2.07. The SMILES string of the molecule is N#Cc1ccc2cc3c(=O)[nH]c(=O)nc-3n(-c3cccc4[nH]ncc34)c2c1. The lowest BCUT2D eigenvalue weighted by Gasteiger charge is -2.18. The molecule has 2 aliphatic rings. The molecule has 3 aromatic rings. The summed E-state index contributed by atoms with van der Waals surface area (Å²) in [5.41, 5.74) is 1.67. The molecule has 128 valence electrons. The topological polar surface area (TPSA) is 120 Å². The highest BCUT2D eigenvalue weighted by Gasteiger charge is 2.19. The van der Waals surface area contributed by atoms with Crippen molar-refractivity contribution in [1.29, 1.82) is 5.26 Å². The fourth-order valence-electron chi connectivity index (χ4n) is 3.34. The van der Waals surface area contributed by atoms with E-state index in [0.717, 1.165) is 16.3 Å². The molecule has 1 aromatic heterocycles. The molecule has 0 aliphatic carbocycles. The van der Waals surface area contributed by atoms with Crippen molar-refractivity contribution >= 4 is 21.8 Å². The summed E-state index contributed by atoms with van der Waals surface area (Å²) >= 11 is 0. The monoisotopic (exact) mass is 354 g/mol. The molecule has 0 radical (unpaired) electrons. The van der Waals surface area contributed by atoms with E-state index in [1.54, 1.807) is 35.0 Å². The zero-order valence-electron chi connectivity index (χ0n) is 13.7. The molecular weight excluding hydrogens is 344 g/mol.